The van der Waals surface area contributed by atoms with Gasteiger partial charge in [-0.15, -0.1) is 0 Å². The minimum absolute atomic E-state index is 0.0296. The van der Waals surface area contributed by atoms with Crippen molar-refractivity contribution in [2.45, 2.75) is 4.90 Å². The SMILES string of the molecule is Cn1c(=O)oc2cc(NS(=O)(=O)c3ccc4[nH]c(=O)[nH]c(=O)c4c3)ccc21. The first-order valence-corrected chi connectivity index (χ1v) is 9.12. The molecule has 10 nitrogen and oxygen atoms in total. The van der Waals surface area contributed by atoms with E-state index in [-0.39, 0.29) is 27.1 Å². The highest BCUT2D eigenvalue weighted by atomic mass is 32.2. The smallest absolute Gasteiger partial charge is 0.408 e. The maximum absolute atomic E-state index is 12.6. The van der Waals surface area contributed by atoms with Crippen LogP contribution >= 0.6 is 0 Å². The number of sulfonamides is 1. The van der Waals surface area contributed by atoms with Crippen molar-refractivity contribution in [3.8, 4) is 0 Å². The van der Waals surface area contributed by atoms with Crippen LogP contribution in [-0.4, -0.2) is 23.0 Å². The van der Waals surface area contributed by atoms with Crippen molar-refractivity contribution in [1.29, 1.82) is 0 Å². The number of anilines is 1. The standard InChI is InChI=1S/C16H12N4O6S/c1-20-12-5-2-8(6-13(12)26-16(20)23)19-27(24,25)9-3-4-11-10(7-9)14(21)18-15(22)17-11/h2-7,19H,1H3,(H2,17,18,21,22). The highest BCUT2D eigenvalue weighted by Crippen LogP contribution is 2.22. The van der Waals surface area contributed by atoms with Gasteiger partial charge in [0.15, 0.2) is 5.58 Å². The second-order valence-corrected chi connectivity index (χ2v) is 7.51. The number of oxazole rings is 1. The van der Waals surface area contributed by atoms with E-state index in [1.54, 1.807) is 6.07 Å². The lowest BCUT2D eigenvalue weighted by Gasteiger charge is -2.08. The molecular weight excluding hydrogens is 376 g/mol. The zero-order valence-electron chi connectivity index (χ0n) is 13.8. The first kappa shape index (κ1) is 16.8. The van der Waals surface area contributed by atoms with E-state index >= 15 is 0 Å². The Balaban J connectivity index is 1.77. The molecule has 2 aromatic carbocycles. The van der Waals surface area contributed by atoms with Crippen molar-refractivity contribution in [2.24, 2.45) is 7.05 Å². The monoisotopic (exact) mass is 388 g/mol. The summed E-state index contributed by atoms with van der Waals surface area (Å²) in [7, 11) is -2.49. The number of hydrogen-bond acceptors (Lipinski definition) is 6. The van der Waals surface area contributed by atoms with Gasteiger partial charge in [0.2, 0.25) is 0 Å². The summed E-state index contributed by atoms with van der Waals surface area (Å²) in [4.78, 5) is 39.0. The van der Waals surface area contributed by atoms with E-state index in [4.69, 9.17) is 4.42 Å². The fourth-order valence-corrected chi connectivity index (χ4v) is 3.80. The Bertz CT molecular complexity index is 1490. The molecule has 0 saturated heterocycles. The Morgan fingerprint density at radius 1 is 1.04 bits per heavy atom. The Kier molecular flexibility index (Phi) is 3.56. The first-order chi connectivity index (χ1) is 12.7. The number of fused-ring (bicyclic) bond motifs is 2. The number of nitrogens with one attached hydrogen (secondary N) is 3. The number of benzene rings is 2. The molecule has 0 atom stereocenters. The van der Waals surface area contributed by atoms with Crippen LogP contribution in [-0.2, 0) is 17.1 Å². The predicted octanol–water partition coefficient (Wildman–Crippen LogP) is 0.462. The number of aryl methyl sites for hydroxylation is 1. The lowest BCUT2D eigenvalue weighted by Crippen LogP contribution is -2.22. The molecule has 27 heavy (non-hydrogen) atoms. The number of hydrogen-bond donors (Lipinski definition) is 3. The number of nitrogens with zero attached hydrogens (tertiary/aromatic N) is 1. The topological polar surface area (TPSA) is 147 Å². The Morgan fingerprint density at radius 3 is 2.59 bits per heavy atom. The summed E-state index contributed by atoms with van der Waals surface area (Å²) in [5, 5.41) is 0.0296. The Morgan fingerprint density at radius 2 is 1.81 bits per heavy atom. The van der Waals surface area contributed by atoms with Gasteiger partial charge in [0.25, 0.3) is 15.6 Å². The normalized spacial score (nSPS) is 11.9. The van der Waals surface area contributed by atoms with Crippen molar-refractivity contribution in [3.63, 3.8) is 0 Å². The van der Waals surface area contributed by atoms with Crippen LogP contribution in [0.1, 0.15) is 0 Å². The molecule has 0 radical (unpaired) electrons. The highest BCUT2D eigenvalue weighted by molar-refractivity contribution is 7.92. The minimum Gasteiger partial charge on any atom is -0.408 e. The minimum atomic E-state index is -4.03. The molecule has 11 heteroatoms. The molecule has 4 rings (SSSR count). The van der Waals surface area contributed by atoms with Gasteiger partial charge in [-0.2, -0.15) is 0 Å². The van der Waals surface area contributed by atoms with Gasteiger partial charge in [0, 0.05) is 13.1 Å². The molecule has 0 aliphatic carbocycles. The number of aromatic amines is 2. The summed E-state index contributed by atoms with van der Waals surface area (Å²) in [5.41, 5.74) is -0.223. The average molecular weight is 388 g/mol. The van der Waals surface area contributed by atoms with Crippen LogP contribution in [0.2, 0.25) is 0 Å². The average Bonchev–Trinajstić information content (AvgIpc) is 2.88. The lowest BCUT2D eigenvalue weighted by atomic mass is 10.2. The summed E-state index contributed by atoms with van der Waals surface area (Å²) in [6.45, 7) is 0. The van der Waals surface area contributed by atoms with E-state index in [9.17, 15) is 22.8 Å². The number of aromatic nitrogens is 3. The van der Waals surface area contributed by atoms with Crippen LogP contribution < -0.4 is 21.7 Å². The van der Waals surface area contributed by atoms with Crippen molar-refractivity contribution in [2.75, 3.05) is 4.72 Å². The van der Waals surface area contributed by atoms with Gasteiger partial charge in [-0.05, 0) is 30.3 Å². The molecule has 2 aromatic heterocycles. The van der Waals surface area contributed by atoms with Gasteiger partial charge in [-0.25, -0.2) is 18.0 Å². The molecule has 0 spiro atoms. The van der Waals surface area contributed by atoms with Crippen molar-refractivity contribution in [1.82, 2.24) is 14.5 Å². The van der Waals surface area contributed by atoms with Crippen molar-refractivity contribution >= 4 is 37.7 Å². The molecule has 0 unspecified atom stereocenters. The molecule has 3 N–H and O–H groups in total. The highest BCUT2D eigenvalue weighted by Gasteiger charge is 2.17. The molecule has 0 aliphatic heterocycles. The third kappa shape index (κ3) is 2.83. The third-order valence-electron chi connectivity index (χ3n) is 4.07. The summed E-state index contributed by atoms with van der Waals surface area (Å²) in [5.74, 6) is -0.562. The van der Waals surface area contributed by atoms with E-state index in [2.05, 4.69) is 9.71 Å². The lowest BCUT2D eigenvalue weighted by molar-refractivity contribution is 0.528. The summed E-state index contributed by atoms with van der Waals surface area (Å²) >= 11 is 0. The molecule has 138 valence electrons. The van der Waals surface area contributed by atoms with E-state index < -0.39 is 27.0 Å². The zero-order chi connectivity index (χ0) is 19.3. The van der Waals surface area contributed by atoms with E-state index in [1.165, 1.54) is 35.9 Å². The molecule has 4 aromatic rings. The fourth-order valence-electron chi connectivity index (χ4n) is 2.72. The summed E-state index contributed by atoms with van der Waals surface area (Å²) in [6.07, 6.45) is 0. The van der Waals surface area contributed by atoms with Crippen LogP contribution in [0.25, 0.3) is 22.0 Å². The second-order valence-electron chi connectivity index (χ2n) is 5.83. The second kappa shape index (κ2) is 5.71. The van der Waals surface area contributed by atoms with Crippen LogP contribution in [0.5, 0.6) is 0 Å². The summed E-state index contributed by atoms with van der Waals surface area (Å²) < 4.78 is 34.0. The van der Waals surface area contributed by atoms with Crippen LogP contribution in [0, 0.1) is 0 Å². The predicted molar refractivity (Wildman–Crippen MR) is 97.5 cm³/mol. The van der Waals surface area contributed by atoms with Gasteiger partial charge in [0.1, 0.15) is 0 Å². The molecule has 2 heterocycles. The van der Waals surface area contributed by atoms with Crippen LogP contribution in [0.15, 0.2) is 60.1 Å². The maximum atomic E-state index is 12.6. The van der Waals surface area contributed by atoms with Gasteiger partial charge < -0.3 is 9.40 Å². The van der Waals surface area contributed by atoms with E-state index in [0.717, 1.165) is 6.07 Å². The molecule has 0 aliphatic rings. The Hall–Kier alpha value is -3.60. The molecular formula is C16H12N4O6S. The van der Waals surface area contributed by atoms with E-state index in [1.807, 2.05) is 4.98 Å². The van der Waals surface area contributed by atoms with Gasteiger partial charge >= 0.3 is 11.4 Å². The maximum Gasteiger partial charge on any atom is 0.419 e. The van der Waals surface area contributed by atoms with Crippen molar-refractivity contribution < 1.29 is 12.8 Å². The quantitative estimate of drug-likeness (QED) is 0.465. The van der Waals surface area contributed by atoms with Gasteiger partial charge in [-0.1, -0.05) is 0 Å². The van der Waals surface area contributed by atoms with Crippen molar-refractivity contribution in [3.05, 3.63) is 67.8 Å². The molecule has 0 amide bonds. The number of H-pyrrole nitrogens is 2. The Labute approximate surface area is 150 Å². The van der Waals surface area contributed by atoms with Crippen LogP contribution in [0.4, 0.5) is 5.69 Å². The summed E-state index contributed by atoms with van der Waals surface area (Å²) in [6, 6.07) is 8.18. The molecule has 0 saturated carbocycles. The molecule has 0 bridgehead atoms. The first-order valence-electron chi connectivity index (χ1n) is 7.63. The van der Waals surface area contributed by atoms with E-state index in [0.29, 0.717) is 5.52 Å². The fraction of sp³-hybridized carbons (Fsp3) is 0.0625. The van der Waals surface area contributed by atoms with Gasteiger partial charge in [0.05, 0.1) is 27.0 Å². The van der Waals surface area contributed by atoms with Gasteiger partial charge in [-0.3, -0.25) is 19.1 Å². The number of rotatable bonds is 3. The molecule has 0 fully saturated rings. The third-order valence-corrected chi connectivity index (χ3v) is 5.44. The van der Waals surface area contributed by atoms with Crippen LogP contribution in [0.3, 0.4) is 0 Å². The largest absolute Gasteiger partial charge is 0.419 e. The zero-order valence-corrected chi connectivity index (χ0v) is 14.6.